The van der Waals surface area contributed by atoms with Crippen LogP contribution in [0.15, 0.2) is 47.0 Å². The van der Waals surface area contributed by atoms with E-state index in [2.05, 4.69) is 21.5 Å². The Hall–Kier alpha value is -2.08. The van der Waals surface area contributed by atoms with Crippen LogP contribution < -0.4 is 5.32 Å². The van der Waals surface area contributed by atoms with E-state index in [-0.39, 0.29) is 0 Å². The van der Waals surface area contributed by atoms with Crippen molar-refractivity contribution in [3.8, 4) is 22.8 Å². The van der Waals surface area contributed by atoms with Crippen LogP contribution in [0.4, 0.5) is 5.69 Å². The molecular formula is C22H20Cl3N3O2. The summed E-state index contributed by atoms with van der Waals surface area (Å²) in [6.45, 7) is 0. The van der Waals surface area contributed by atoms with Gasteiger partial charge in [-0.1, -0.05) is 83.5 Å². The van der Waals surface area contributed by atoms with Crippen LogP contribution in [0.2, 0.25) is 5.02 Å². The smallest absolute Gasteiger partial charge is 0.260 e. The number of aromatic nitrogens is 2. The Balaban J connectivity index is 1.71. The molecule has 30 heavy (non-hydrogen) atoms. The Bertz CT molecular complexity index is 1050. The first kappa shape index (κ1) is 21.2. The lowest BCUT2D eigenvalue weighted by Gasteiger charge is -2.23. The first-order chi connectivity index (χ1) is 14.5. The van der Waals surface area contributed by atoms with Crippen molar-refractivity contribution in [2.24, 2.45) is 0 Å². The number of nitrogens with one attached hydrogen (secondary N) is 1. The van der Waals surface area contributed by atoms with Crippen LogP contribution in [0.5, 0.6) is 0 Å². The van der Waals surface area contributed by atoms with E-state index in [1.807, 2.05) is 18.2 Å². The summed E-state index contributed by atoms with van der Waals surface area (Å²) in [5, 5.41) is 7.41. The molecule has 0 radical (unpaired) electrons. The highest BCUT2D eigenvalue weighted by Gasteiger charge is 2.25. The molecular weight excluding hydrogens is 445 g/mol. The fourth-order valence-electron chi connectivity index (χ4n) is 3.93. The molecule has 0 bridgehead atoms. The standard InChI is InChI=1S/C22H20Cl3N3O2/c23-16-11-6-10-14(13-7-2-1-3-8-13)18(16)22-27-20(28-30-22)15-9-4-5-12-17(15)26-21(29)19(24)25/h4-6,9-13,19H,1-3,7-8H2,(H,26,29). The molecule has 1 amide bonds. The van der Waals surface area contributed by atoms with E-state index in [1.165, 1.54) is 19.3 Å². The molecule has 1 heterocycles. The average Bonchev–Trinajstić information content (AvgIpc) is 3.24. The normalized spacial score (nSPS) is 14.8. The maximum absolute atomic E-state index is 11.9. The molecule has 1 aliphatic rings. The highest BCUT2D eigenvalue weighted by molar-refractivity contribution is 6.54. The first-order valence-electron chi connectivity index (χ1n) is 9.85. The van der Waals surface area contributed by atoms with Gasteiger partial charge in [0.1, 0.15) is 0 Å². The molecule has 1 fully saturated rings. The summed E-state index contributed by atoms with van der Waals surface area (Å²) in [4.78, 5) is 15.3. The lowest BCUT2D eigenvalue weighted by Crippen LogP contribution is -2.19. The molecule has 5 nitrogen and oxygen atoms in total. The predicted molar refractivity (Wildman–Crippen MR) is 120 cm³/mol. The molecule has 3 aromatic rings. The minimum atomic E-state index is -1.18. The summed E-state index contributed by atoms with van der Waals surface area (Å²) in [6, 6.07) is 13.0. The Morgan fingerprint density at radius 3 is 2.60 bits per heavy atom. The summed E-state index contributed by atoms with van der Waals surface area (Å²) < 4.78 is 5.61. The molecule has 4 rings (SSSR count). The van der Waals surface area contributed by atoms with Crippen LogP contribution in [0.3, 0.4) is 0 Å². The highest BCUT2D eigenvalue weighted by Crippen LogP contribution is 2.41. The maximum atomic E-state index is 11.9. The van der Waals surface area contributed by atoms with Gasteiger partial charge in [0.2, 0.25) is 5.82 Å². The second-order valence-corrected chi connectivity index (χ2v) is 8.80. The van der Waals surface area contributed by atoms with E-state index in [1.54, 1.807) is 18.2 Å². The number of hydrogen-bond acceptors (Lipinski definition) is 4. The van der Waals surface area contributed by atoms with Crippen LogP contribution in [-0.2, 0) is 4.79 Å². The van der Waals surface area contributed by atoms with Crippen molar-refractivity contribution in [3.63, 3.8) is 0 Å². The summed E-state index contributed by atoms with van der Waals surface area (Å²) >= 11 is 17.9. The van der Waals surface area contributed by atoms with E-state index in [0.29, 0.717) is 33.9 Å². The number of carbonyl (C=O) groups excluding carboxylic acids is 1. The van der Waals surface area contributed by atoms with Gasteiger partial charge < -0.3 is 9.84 Å². The largest absolute Gasteiger partial charge is 0.334 e. The van der Waals surface area contributed by atoms with Crippen LogP contribution in [-0.4, -0.2) is 20.9 Å². The quantitative estimate of drug-likeness (QED) is 0.419. The van der Waals surface area contributed by atoms with E-state index in [9.17, 15) is 4.79 Å². The number of benzene rings is 2. The Morgan fingerprint density at radius 1 is 1.07 bits per heavy atom. The monoisotopic (exact) mass is 463 g/mol. The molecule has 1 aromatic heterocycles. The van der Waals surface area contributed by atoms with Crippen molar-refractivity contribution in [1.82, 2.24) is 10.1 Å². The number of hydrogen-bond donors (Lipinski definition) is 1. The van der Waals surface area contributed by atoms with Crippen molar-refractivity contribution in [2.45, 2.75) is 42.9 Å². The van der Waals surface area contributed by atoms with Crippen LogP contribution in [0.1, 0.15) is 43.6 Å². The second-order valence-electron chi connectivity index (χ2n) is 7.30. The lowest BCUT2D eigenvalue weighted by molar-refractivity contribution is -0.114. The van der Waals surface area contributed by atoms with Gasteiger partial charge in [-0.3, -0.25) is 4.79 Å². The summed E-state index contributed by atoms with van der Waals surface area (Å²) in [7, 11) is 0. The second kappa shape index (κ2) is 9.38. The maximum Gasteiger partial charge on any atom is 0.260 e. The predicted octanol–water partition coefficient (Wildman–Crippen LogP) is 6.85. The van der Waals surface area contributed by atoms with Gasteiger partial charge in [-0.25, -0.2) is 0 Å². The zero-order valence-electron chi connectivity index (χ0n) is 16.1. The first-order valence-corrected chi connectivity index (χ1v) is 11.1. The van der Waals surface area contributed by atoms with Gasteiger partial charge in [-0.05, 0) is 42.5 Å². The summed E-state index contributed by atoms with van der Waals surface area (Å²) in [5.41, 5.74) is 3.02. The van der Waals surface area contributed by atoms with Gasteiger partial charge in [0.25, 0.3) is 11.8 Å². The number of nitrogens with zero attached hydrogens (tertiary/aromatic N) is 2. The number of carbonyl (C=O) groups is 1. The van der Waals surface area contributed by atoms with Gasteiger partial charge in [0, 0.05) is 5.56 Å². The molecule has 0 saturated heterocycles. The fourth-order valence-corrected chi connectivity index (χ4v) is 4.30. The van der Waals surface area contributed by atoms with Crippen molar-refractivity contribution in [1.29, 1.82) is 0 Å². The zero-order chi connectivity index (χ0) is 21.1. The molecule has 1 N–H and O–H groups in total. The number of rotatable bonds is 5. The van der Waals surface area contributed by atoms with E-state index in [0.717, 1.165) is 24.0 Å². The SMILES string of the molecule is O=C(Nc1ccccc1-c1noc(-c2c(Cl)cccc2C2CCCCC2)n1)C(Cl)Cl. The number of halogens is 3. The number of para-hydroxylation sites is 1. The molecule has 0 aliphatic heterocycles. The number of alkyl halides is 2. The van der Waals surface area contributed by atoms with Crippen LogP contribution >= 0.6 is 34.8 Å². The van der Waals surface area contributed by atoms with Crippen molar-refractivity contribution in [2.75, 3.05) is 5.32 Å². The highest BCUT2D eigenvalue weighted by atomic mass is 35.5. The fraction of sp³-hybridized carbons (Fsp3) is 0.318. The topological polar surface area (TPSA) is 68.0 Å². The van der Waals surface area contributed by atoms with E-state index in [4.69, 9.17) is 39.3 Å². The van der Waals surface area contributed by atoms with Gasteiger partial charge in [0.05, 0.1) is 16.3 Å². The lowest BCUT2D eigenvalue weighted by atomic mass is 9.82. The minimum absolute atomic E-state index is 0.344. The third-order valence-electron chi connectivity index (χ3n) is 5.35. The van der Waals surface area contributed by atoms with Crippen LogP contribution in [0.25, 0.3) is 22.8 Å². The molecule has 0 spiro atoms. The molecule has 2 aromatic carbocycles. The zero-order valence-corrected chi connectivity index (χ0v) is 18.3. The molecule has 156 valence electrons. The van der Waals surface area contributed by atoms with E-state index < -0.39 is 10.7 Å². The van der Waals surface area contributed by atoms with Gasteiger partial charge in [0.15, 0.2) is 4.84 Å². The van der Waals surface area contributed by atoms with Gasteiger partial charge in [-0.15, -0.1) is 0 Å². The van der Waals surface area contributed by atoms with Crippen molar-refractivity contribution in [3.05, 3.63) is 53.1 Å². The van der Waals surface area contributed by atoms with Crippen LogP contribution in [0, 0.1) is 0 Å². The van der Waals surface area contributed by atoms with Gasteiger partial charge >= 0.3 is 0 Å². The number of anilines is 1. The molecule has 1 aliphatic carbocycles. The van der Waals surface area contributed by atoms with Gasteiger partial charge in [-0.2, -0.15) is 4.98 Å². The average molecular weight is 465 g/mol. The van der Waals surface area contributed by atoms with E-state index >= 15 is 0 Å². The molecule has 8 heteroatoms. The Labute approximate surface area is 189 Å². The summed E-state index contributed by atoms with van der Waals surface area (Å²) in [5.74, 6) is 0.611. The minimum Gasteiger partial charge on any atom is -0.334 e. The third-order valence-corrected chi connectivity index (χ3v) is 6.07. The molecule has 0 atom stereocenters. The Morgan fingerprint density at radius 2 is 1.83 bits per heavy atom. The summed E-state index contributed by atoms with van der Waals surface area (Å²) in [6.07, 6.45) is 5.94. The molecule has 0 unspecified atom stereocenters. The van der Waals surface area contributed by atoms with Crippen molar-refractivity contribution < 1.29 is 9.32 Å². The Kier molecular flexibility index (Phi) is 6.61. The third kappa shape index (κ3) is 4.48. The molecule has 1 saturated carbocycles. The van der Waals surface area contributed by atoms with Crippen molar-refractivity contribution >= 4 is 46.4 Å². The number of amides is 1.